The average Bonchev–Trinajstić information content (AvgIpc) is 2.43. The monoisotopic (exact) mass is 298 g/mol. The Bertz CT molecular complexity index is 448. The third kappa shape index (κ3) is 3.97. The van der Waals surface area contributed by atoms with Crippen LogP contribution in [0.15, 0.2) is 18.2 Å². The number of hydrogen-bond acceptors (Lipinski definition) is 1. The van der Waals surface area contributed by atoms with Gasteiger partial charge in [-0.3, -0.25) is 4.79 Å². The van der Waals surface area contributed by atoms with Crippen LogP contribution in [0.4, 0.5) is 0 Å². The molecule has 1 fully saturated rings. The second kappa shape index (κ2) is 6.76. The zero-order valence-corrected chi connectivity index (χ0v) is 12.8. The fourth-order valence-electron chi connectivity index (χ4n) is 2.89. The van der Waals surface area contributed by atoms with Crippen LogP contribution in [-0.4, -0.2) is 5.78 Å². The third-order valence-corrected chi connectivity index (χ3v) is 4.98. The van der Waals surface area contributed by atoms with Crippen molar-refractivity contribution in [3.8, 4) is 0 Å². The molecule has 104 valence electrons. The highest BCUT2D eigenvalue weighted by Gasteiger charge is 2.25. The van der Waals surface area contributed by atoms with E-state index in [9.17, 15) is 4.79 Å². The van der Waals surface area contributed by atoms with Gasteiger partial charge in [-0.25, -0.2) is 0 Å². The molecule has 19 heavy (non-hydrogen) atoms. The van der Waals surface area contributed by atoms with Gasteiger partial charge < -0.3 is 0 Å². The topological polar surface area (TPSA) is 17.1 Å². The average molecular weight is 299 g/mol. The van der Waals surface area contributed by atoms with Crippen LogP contribution in [0.3, 0.4) is 0 Å². The molecule has 2 rings (SSSR count). The number of ketones is 1. The molecule has 0 amide bonds. The van der Waals surface area contributed by atoms with Gasteiger partial charge in [0.05, 0.1) is 10.0 Å². The lowest BCUT2D eigenvalue weighted by Crippen LogP contribution is -2.23. The molecule has 1 saturated carbocycles. The Balaban J connectivity index is 1.92. The van der Waals surface area contributed by atoms with Gasteiger partial charge in [-0.2, -0.15) is 0 Å². The molecule has 0 spiro atoms. The zero-order chi connectivity index (χ0) is 13.8. The Hall–Kier alpha value is -0.530. The summed E-state index contributed by atoms with van der Waals surface area (Å²) in [6, 6.07) is 5.46. The standard InChI is InChI=1S/C16H20Cl2O/c1-2-11-3-6-13(7-4-11)16(19)10-12-5-8-14(17)15(18)9-12/h5,8-9,11,13H,2-4,6-7,10H2,1H3. The largest absolute Gasteiger partial charge is 0.299 e. The maximum absolute atomic E-state index is 12.3. The molecule has 0 radical (unpaired) electrons. The summed E-state index contributed by atoms with van der Waals surface area (Å²) in [5.74, 6) is 1.43. The van der Waals surface area contributed by atoms with Gasteiger partial charge in [-0.1, -0.05) is 42.6 Å². The molecule has 0 aromatic heterocycles. The van der Waals surface area contributed by atoms with E-state index in [0.717, 1.165) is 24.3 Å². The third-order valence-electron chi connectivity index (χ3n) is 4.24. The molecule has 1 nitrogen and oxygen atoms in total. The number of benzene rings is 1. The van der Waals surface area contributed by atoms with Crippen LogP contribution in [-0.2, 0) is 11.2 Å². The van der Waals surface area contributed by atoms with E-state index in [0.29, 0.717) is 22.2 Å². The van der Waals surface area contributed by atoms with Gasteiger partial charge in [0.1, 0.15) is 5.78 Å². The summed E-state index contributed by atoms with van der Waals surface area (Å²) < 4.78 is 0. The zero-order valence-electron chi connectivity index (χ0n) is 11.3. The molecule has 0 heterocycles. The summed E-state index contributed by atoms with van der Waals surface area (Å²) in [7, 11) is 0. The van der Waals surface area contributed by atoms with Crippen molar-refractivity contribution in [3.63, 3.8) is 0 Å². The van der Waals surface area contributed by atoms with Crippen LogP contribution >= 0.6 is 23.2 Å². The first-order chi connectivity index (χ1) is 9.10. The van der Waals surface area contributed by atoms with Crippen molar-refractivity contribution in [1.29, 1.82) is 0 Å². The molecule has 1 aromatic carbocycles. The SMILES string of the molecule is CCC1CCC(C(=O)Cc2ccc(Cl)c(Cl)c2)CC1. The maximum Gasteiger partial charge on any atom is 0.140 e. The van der Waals surface area contributed by atoms with Gasteiger partial charge in [-0.05, 0) is 49.3 Å². The molecule has 3 heteroatoms. The molecule has 1 aliphatic rings. The number of carbonyl (C=O) groups is 1. The smallest absolute Gasteiger partial charge is 0.140 e. The first kappa shape index (κ1) is 14.9. The van der Waals surface area contributed by atoms with Crippen molar-refractivity contribution in [2.45, 2.75) is 45.4 Å². The van der Waals surface area contributed by atoms with E-state index in [1.54, 1.807) is 12.1 Å². The highest BCUT2D eigenvalue weighted by molar-refractivity contribution is 6.42. The molecule has 1 aromatic rings. The van der Waals surface area contributed by atoms with Gasteiger partial charge in [-0.15, -0.1) is 0 Å². The molecular weight excluding hydrogens is 279 g/mol. The van der Waals surface area contributed by atoms with E-state index in [1.165, 1.54) is 19.3 Å². The molecule has 0 N–H and O–H groups in total. The quantitative estimate of drug-likeness (QED) is 0.735. The van der Waals surface area contributed by atoms with Gasteiger partial charge in [0, 0.05) is 12.3 Å². The lowest BCUT2D eigenvalue weighted by Gasteiger charge is -2.26. The van der Waals surface area contributed by atoms with E-state index >= 15 is 0 Å². The fraction of sp³-hybridized carbons (Fsp3) is 0.562. The number of hydrogen-bond donors (Lipinski definition) is 0. The maximum atomic E-state index is 12.3. The van der Waals surface area contributed by atoms with E-state index < -0.39 is 0 Å². The normalized spacial score (nSPS) is 23.3. The Morgan fingerprint density at radius 1 is 1.16 bits per heavy atom. The Labute approximate surface area is 125 Å². The summed E-state index contributed by atoms with van der Waals surface area (Å²) in [5, 5.41) is 1.07. The molecule has 1 aliphatic carbocycles. The van der Waals surface area contributed by atoms with Crippen LogP contribution < -0.4 is 0 Å². The summed E-state index contributed by atoms with van der Waals surface area (Å²) in [4.78, 5) is 12.3. The van der Waals surface area contributed by atoms with Crippen LogP contribution in [0.1, 0.15) is 44.6 Å². The second-order valence-electron chi connectivity index (χ2n) is 5.52. The number of carbonyl (C=O) groups excluding carboxylic acids is 1. The first-order valence-electron chi connectivity index (χ1n) is 7.06. The lowest BCUT2D eigenvalue weighted by atomic mass is 9.78. The number of Topliss-reactive ketones (excluding diaryl/α,β-unsaturated/α-hetero) is 1. The summed E-state index contributed by atoms with van der Waals surface area (Å²) in [6.07, 6.45) is 6.24. The first-order valence-corrected chi connectivity index (χ1v) is 7.82. The molecule has 0 atom stereocenters. The van der Waals surface area contributed by atoms with E-state index in [1.807, 2.05) is 6.07 Å². The van der Waals surface area contributed by atoms with E-state index in [-0.39, 0.29) is 5.92 Å². The van der Waals surface area contributed by atoms with Crippen LogP contribution in [0.5, 0.6) is 0 Å². The minimum Gasteiger partial charge on any atom is -0.299 e. The summed E-state index contributed by atoms with van der Waals surface area (Å²) >= 11 is 11.9. The van der Waals surface area contributed by atoms with Gasteiger partial charge in [0.15, 0.2) is 0 Å². The van der Waals surface area contributed by atoms with Crippen molar-refractivity contribution in [2.75, 3.05) is 0 Å². The fourth-order valence-corrected chi connectivity index (χ4v) is 3.21. The minimum atomic E-state index is 0.247. The Morgan fingerprint density at radius 2 is 1.84 bits per heavy atom. The van der Waals surface area contributed by atoms with Gasteiger partial charge in [0.25, 0.3) is 0 Å². The van der Waals surface area contributed by atoms with E-state index in [4.69, 9.17) is 23.2 Å². The predicted molar refractivity (Wildman–Crippen MR) is 80.9 cm³/mol. The molecular formula is C16H20Cl2O. The predicted octanol–water partition coefficient (Wildman–Crippen LogP) is 5.32. The van der Waals surface area contributed by atoms with Crippen LogP contribution in [0, 0.1) is 11.8 Å². The van der Waals surface area contributed by atoms with Crippen molar-refractivity contribution >= 4 is 29.0 Å². The van der Waals surface area contributed by atoms with Crippen molar-refractivity contribution in [1.82, 2.24) is 0 Å². The van der Waals surface area contributed by atoms with Crippen molar-refractivity contribution < 1.29 is 4.79 Å². The molecule has 0 bridgehead atoms. The molecule has 0 aliphatic heterocycles. The molecule has 0 saturated heterocycles. The van der Waals surface area contributed by atoms with Crippen LogP contribution in [0.2, 0.25) is 10.0 Å². The number of halogens is 2. The van der Waals surface area contributed by atoms with Gasteiger partial charge in [0.2, 0.25) is 0 Å². The number of rotatable bonds is 4. The highest BCUT2D eigenvalue weighted by atomic mass is 35.5. The lowest BCUT2D eigenvalue weighted by molar-refractivity contribution is -0.123. The van der Waals surface area contributed by atoms with E-state index in [2.05, 4.69) is 6.92 Å². The van der Waals surface area contributed by atoms with Crippen LogP contribution in [0.25, 0.3) is 0 Å². The highest BCUT2D eigenvalue weighted by Crippen LogP contribution is 2.32. The second-order valence-corrected chi connectivity index (χ2v) is 6.33. The van der Waals surface area contributed by atoms with Crippen molar-refractivity contribution in [2.24, 2.45) is 11.8 Å². The molecule has 0 unspecified atom stereocenters. The summed E-state index contributed by atoms with van der Waals surface area (Å²) in [6.45, 7) is 2.24. The Kier molecular flexibility index (Phi) is 5.29. The Morgan fingerprint density at radius 3 is 2.42 bits per heavy atom. The van der Waals surface area contributed by atoms with Gasteiger partial charge >= 0.3 is 0 Å². The summed E-state index contributed by atoms with van der Waals surface area (Å²) in [5.41, 5.74) is 0.969. The minimum absolute atomic E-state index is 0.247. The van der Waals surface area contributed by atoms with Crippen molar-refractivity contribution in [3.05, 3.63) is 33.8 Å².